The van der Waals surface area contributed by atoms with E-state index in [1.165, 1.54) is 26.4 Å². The van der Waals surface area contributed by atoms with Crippen LogP contribution in [0.3, 0.4) is 0 Å². The summed E-state index contributed by atoms with van der Waals surface area (Å²) in [5.41, 5.74) is 0.335. The Kier molecular flexibility index (Phi) is 3.91. The van der Waals surface area contributed by atoms with E-state index in [-0.39, 0.29) is 5.75 Å². The van der Waals surface area contributed by atoms with Gasteiger partial charge in [0.15, 0.2) is 16.9 Å². The van der Waals surface area contributed by atoms with Gasteiger partial charge in [0.25, 0.3) is 0 Å². The molecule has 1 atom stereocenters. The van der Waals surface area contributed by atoms with E-state index >= 15 is 0 Å². The highest BCUT2D eigenvalue weighted by molar-refractivity contribution is 6.29. The van der Waals surface area contributed by atoms with Crippen molar-refractivity contribution in [1.29, 1.82) is 0 Å². The number of hydrogen-bond donors (Lipinski definition) is 0. The molecule has 1 aromatic carbocycles. The lowest BCUT2D eigenvalue weighted by Crippen LogP contribution is -2.08. The van der Waals surface area contributed by atoms with Gasteiger partial charge in [-0.1, -0.05) is 6.07 Å². The minimum atomic E-state index is -1.00. The lowest BCUT2D eigenvalue weighted by molar-refractivity contribution is -0.140. The average Bonchev–Trinajstić information content (AvgIpc) is 2.26. The van der Waals surface area contributed by atoms with Crippen LogP contribution in [0.4, 0.5) is 4.39 Å². The zero-order valence-corrected chi connectivity index (χ0v) is 9.05. The van der Waals surface area contributed by atoms with E-state index in [0.717, 1.165) is 6.07 Å². The van der Waals surface area contributed by atoms with Crippen LogP contribution < -0.4 is 4.74 Å². The van der Waals surface area contributed by atoms with Crippen LogP contribution in [-0.4, -0.2) is 20.2 Å². The molecular weight excluding hydrogens is 223 g/mol. The fourth-order valence-electron chi connectivity index (χ4n) is 1.08. The molecular formula is C10H10ClFO3. The number of benzene rings is 1. The Morgan fingerprint density at radius 1 is 1.47 bits per heavy atom. The number of ether oxygens (including phenoxy) is 2. The van der Waals surface area contributed by atoms with E-state index < -0.39 is 17.2 Å². The van der Waals surface area contributed by atoms with Crippen LogP contribution in [0.15, 0.2) is 18.2 Å². The Morgan fingerprint density at radius 2 is 2.13 bits per heavy atom. The quantitative estimate of drug-likeness (QED) is 0.593. The summed E-state index contributed by atoms with van der Waals surface area (Å²) in [4.78, 5) is 11.1. The normalized spacial score (nSPS) is 12.0. The molecule has 82 valence electrons. The molecule has 1 unspecified atom stereocenters. The van der Waals surface area contributed by atoms with Gasteiger partial charge in [-0.15, -0.1) is 11.6 Å². The smallest absolute Gasteiger partial charge is 0.328 e. The van der Waals surface area contributed by atoms with Gasteiger partial charge in [-0.05, 0) is 17.7 Å². The molecule has 0 N–H and O–H groups in total. The molecule has 15 heavy (non-hydrogen) atoms. The van der Waals surface area contributed by atoms with Crippen molar-refractivity contribution < 1.29 is 18.7 Å². The van der Waals surface area contributed by atoms with Crippen molar-refractivity contribution in [2.45, 2.75) is 5.38 Å². The fraction of sp³-hybridized carbons (Fsp3) is 0.300. The van der Waals surface area contributed by atoms with E-state index in [9.17, 15) is 9.18 Å². The highest BCUT2D eigenvalue weighted by Crippen LogP contribution is 2.26. The van der Waals surface area contributed by atoms with E-state index in [1.54, 1.807) is 0 Å². The van der Waals surface area contributed by atoms with Crippen molar-refractivity contribution in [3.8, 4) is 5.75 Å². The fourth-order valence-corrected chi connectivity index (χ4v) is 1.30. The second-order valence-electron chi connectivity index (χ2n) is 2.78. The van der Waals surface area contributed by atoms with Gasteiger partial charge in [-0.3, -0.25) is 4.79 Å². The van der Waals surface area contributed by atoms with E-state index in [1.807, 2.05) is 0 Å². The van der Waals surface area contributed by atoms with Crippen molar-refractivity contribution in [3.05, 3.63) is 29.6 Å². The minimum Gasteiger partial charge on any atom is -0.494 e. The third-order valence-electron chi connectivity index (χ3n) is 1.88. The molecule has 0 aliphatic rings. The molecule has 0 aliphatic carbocycles. The summed E-state index contributed by atoms with van der Waals surface area (Å²) in [6.45, 7) is 0. The van der Waals surface area contributed by atoms with E-state index in [0.29, 0.717) is 5.56 Å². The average molecular weight is 233 g/mol. The third kappa shape index (κ3) is 2.59. The summed E-state index contributed by atoms with van der Waals surface area (Å²) in [6, 6.07) is 4.06. The molecule has 0 fully saturated rings. The second-order valence-corrected chi connectivity index (χ2v) is 3.22. The van der Waals surface area contributed by atoms with Crippen molar-refractivity contribution in [2.24, 2.45) is 0 Å². The summed E-state index contributed by atoms with van der Waals surface area (Å²) < 4.78 is 22.4. The highest BCUT2D eigenvalue weighted by atomic mass is 35.5. The molecule has 0 aromatic heterocycles. The van der Waals surface area contributed by atoms with Crippen LogP contribution in [0, 0.1) is 5.82 Å². The summed E-state index contributed by atoms with van der Waals surface area (Å²) >= 11 is 5.74. The van der Waals surface area contributed by atoms with Gasteiger partial charge in [0.2, 0.25) is 0 Å². The molecule has 0 spiro atoms. The number of hydrogen-bond acceptors (Lipinski definition) is 3. The maximum atomic E-state index is 13.2. The number of rotatable bonds is 3. The summed E-state index contributed by atoms with van der Waals surface area (Å²) in [5, 5.41) is -1.00. The standard InChI is InChI=1S/C10H10ClFO3/c1-14-8-4-3-6(5-7(8)12)9(11)10(13)15-2/h3-5,9H,1-2H3. The monoisotopic (exact) mass is 232 g/mol. The molecule has 0 heterocycles. The van der Waals surface area contributed by atoms with Gasteiger partial charge < -0.3 is 9.47 Å². The minimum absolute atomic E-state index is 0.104. The van der Waals surface area contributed by atoms with Crippen LogP contribution in [0.25, 0.3) is 0 Å². The van der Waals surface area contributed by atoms with Crippen LogP contribution in [-0.2, 0) is 9.53 Å². The number of methoxy groups -OCH3 is 2. The van der Waals surface area contributed by atoms with Crippen LogP contribution in [0.2, 0.25) is 0 Å². The number of alkyl halides is 1. The van der Waals surface area contributed by atoms with Gasteiger partial charge in [0, 0.05) is 0 Å². The summed E-state index contributed by atoms with van der Waals surface area (Å²) in [5.74, 6) is -1.08. The number of esters is 1. The van der Waals surface area contributed by atoms with Crippen molar-refractivity contribution in [2.75, 3.05) is 14.2 Å². The topological polar surface area (TPSA) is 35.5 Å². The zero-order chi connectivity index (χ0) is 11.4. The van der Waals surface area contributed by atoms with E-state index in [2.05, 4.69) is 4.74 Å². The lowest BCUT2D eigenvalue weighted by Gasteiger charge is -2.08. The van der Waals surface area contributed by atoms with Crippen LogP contribution >= 0.6 is 11.6 Å². The molecule has 1 aromatic rings. The molecule has 0 aliphatic heterocycles. The summed E-state index contributed by atoms with van der Waals surface area (Å²) in [6.07, 6.45) is 0. The third-order valence-corrected chi connectivity index (χ3v) is 2.31. The van der Waals surface area contributed by atoms with Gasteiger partial charge in [-0.25, -0.2) is 4.39 Å². The second kappa shape index (κ2) is 4.98. The van der Waals surface area contributed by atoms with Gasteiger partial charge in [-0.2, -0.15) is 0 Å². The molecule has 0 saturated carbocycles. The number of carbonyl (C=O) groups excluding carboxylic acids is 1. The number of halogens is 2. The van der Waals surface area contributed by atoms with Gasteiger partial charge in [0.05, 0.1) is 14.2 Å². The Balaban J connectivity index is 2.97. The molecule has 1 rings (SSSR count). The van der Waals surface area contributed by atoms with Crippen molar-refractivity contribution in [3.63, 3.8) is 0 Å². The highest BCUT2D eigenvalue weighted by Gasteiger charge is 2.19. The van der Waals surface area contributed by atoms with Crippen LogP contribution in [0.1, 0.15) is 10.9 Å². The molecule has 3 nitrogen and oxygen atoms in total. The van der Waals surface area contributed by atoms with Gasteiger partial charge in [0.1, 0.15) is 0 Å². The molecule has 0 radical (unpaired) electrons. The maximum absolute atomic E-state index is 13.2. The Labute approximate surface area is 91.7 Å². The first kappa shape index (κ1) is 11.8. The predicted octanol–water partition coefficient (Wildman–Crippen LogP) is 2.29. The Hall–Kier alpha value is -1.29. The molecule has 5 heteroatoms. The SMILES string of the molecule is COC(=O)C(Cl)c1ccc(OC)c(F)c1. The Morgan fingerprint density at radius 3 is 2.60 bits per heavy atom. The van der Waals surface area contributed by atoms with Crippen molar-refractivity contribution >= 4 is 17.6 Å². The number of carbonyl (C=O) groups is 1. The first-order valence-corrected chi connectivity index (χ1v) is 4.59. The maximum Gasteiger partial charge on any atom is 0.328 e. The van der Waals surface area contributed by atoms with Crippen LogP contribution in [0.5, 0.6) is 5.75 Å². The molecule has 0 amide bonds. The van der Waals surface area contributed by atoms with Crippen molar-refractivity contribution in [1.82, 2.24) is 0 Å². The summed E-state index contributed by atoms with van der Waals surface area (Å²) in [7, 11) is 2.58. The first-order valence-electron chi connectivity index (χ1n) is 4.15. The molecule has 0 bridgehead atoms. The first-order chi connectivity index (χ1) is 7.10. The Bertz CT molecular complexity index is 368. The zero-order valence-electron chi connectivity index (χ0n) is 8.29. The van der Waals surface area contributed by atoms with E-state index in [4.69, 9.17) is 16.3 Å². The van der Waals surface area contributed by atoms with Gasteiger partial charge >= 0.3 is 5.97 Å². The predicted molar refractivity (Wildman–Crippen MR) is 53.6 cm³/mol. The largest absolute Gasteiger partial charge is 0.494 e. The lowest BCUT2D eigenvalue weighted by atomic mass is 10.1. The molecule has 0 saturated heterocycles.